The van der Waals surface area contributed by atoms with Crippen LogP contribution in [-0.4, -0.2) is 81.8 Å². The molecule has 3 fully saturated rings. The van der Waals surface area contributed by atoms with Crippen molar-refractivity contribution in [1.29, 1.82) is 0 Å². The lowest BCUT2D eigenvalue weighted by atomic mass is 9.81. The van der Waals surface area contributed by atoms with E-state index in [1.807, 2.05) is 41.8 Å². The number of fused-ring (bicyclic) bond motifs is 8. The van der Waals surface area contributed by atoms with Gasteiger partial charge in [-0.1, -0.05) is 25.3 Å². The summed E-state index contributed by atoms with van der Waals surface area (Å²) in [6.07, 6.45) is 6.21. The summed E-state index contributed by atoms with van der Waals surface area (Å²) in [4.78, 5) is 30.0. The molecule has 2 aliphatic carbocycles. The van der Waals surface area contributed by atoms with Gasteiger partial charge in [-0.25, -0.2) is 13.1 Å². The molecule has 0 radical (unpaired) electrons. The number of rotatable bonds is 8. The van der Waals surface area contributed by atoms with Gasteiger partial charge in [0.2, 0.25) is 10.0 Å². The second kappa shape index (κ2) is 15.4. The number of halogens is 3. The molecule has 11 nitrogen and oxygen atoms in total. The standard InChI is InChI=1S/C44H52F3N5O6S/c1-26(2)59(56,57)49-41(53)30-12-14-35-37(18-30)51-24-32(16-31-17-33(58-4)13-15-34(31)40(51)38(35)29-8-6-5-7-9-29)39-36(21-48-52(39)25-44(45,46)47)42(54)50-22-27-10-11-28(23-50)20-43(3,55)19-27/h12-18,21,26-29,55H,5-11,19-20,22-25H2,1-4H3,(H,49,53). The van der Waals surface area contributed by atoms with Crippen LogP contribution in [0.4, 0.5) is 13.2 Å². The summed E-state index contributed by atoms with van der Waals surface area (Å²) in [6, 6.07) is 10.8. The van der Waals surface area contributed by atoms with E-state index in [1.165, 1.54) is 20.0 Å². The molecule has 59 heavy (non-hydrogen) atoms. The molecule has 0 spiro atoms. The first-order valence-electron chi connectivity index (χ1n) is 20.7. The number of ether oxygens (including phenoxy) is 1. The Balaban J connectivity index is 1.33. The second-order valence-corrected chi connectivity index (χ2v) is 19.9. The van der Waals surface area contributed by atoms with Crippen molar-refractivity contribution in [3.8, 4) is 17.0 Å². The lowest BCUT2D eigenvalue weighted by Crippen LogP contribution is -2.43. The van der Waals surface area contributed by atoms with E-state index in [0.717, 1.165) is 71.8 Å². The molecule has 2 aromatic heterocycles. The number of aromatic nitrogens is 3. The maximum atomic E-state index is 14.8. The first-order valence-corrected chi connectivity index (χ1v) is 22.2. The first kappa shape index (κ1) is 41.1. The van der Waals surface area contributed by atoms with Gasteiger partial charge in [-0.3, -0.25) is 14.3 Å². The van der Waals surface area contributed by atoms with Gasteiger partial charge in [0.1, 0.15) is 12.3 Å². The molecular formula is C44H52F3N5O6S. The maximum absolute atomic E-state index is 14.8. The van der Waals surface area contributed by atoms with E-state index < -0.39 is 45.4 Å². The van der Waals surface area contributed by atoms with E-state index >= 15 is 0 Å². The molecule has 2 N–H and O–H groups in total. The maximum Gasteiger partial charge on any atom is 0.408 e. The predicted molar refractivity (Wildman–Crippen MR) is 219 cm³/mol. The summed E-state index contributed by atoms with van der Waals surface area (Å²) in [5, 5.41) is 15.3. The average molecular weight is 836 g/mol. The van der Waals surface area contributed by atoms with E-state index in [9.17, 15) is 36.3 Å². The van der Waals surface area contributed by atoms with Crippen LogP contribution in [0.25, 0.3) is 33.8 Å². The van der Waals surface area contributed by atoms with Crippen molar-refractivity contribution in [2.24, 2.45) is 11.8 Å². The molecule has 15 heteroatoms. The van der Waals surface area contributed by atoms with Crippen LogP contribution in [0.1, 0.15) is 122 Å². The van der Waals surface area contributed by atoms with Crippen molar-refractivity contribution in [3.05, 3.63) is 70.5 Å². The van der Waals surface area contributed by atoms with E-state index in [-0.39, 0.29) is 41.1 Å². The third kappa shape index (κ3) is 8.16. The number of sulfonamides is 1. The number of carbonyl (C=O) groups excluding carboxylic acids is 2. The topological polar surface area (TPSA) is 136 Å². The zero-order valence-corrected chi connectivity index (χ0v) is 34.8. The van der Waals surface area contributed by atoms with Crippen LogP contribution in [0.3, 0.4) is 0 Å². The lowest BCUT2D eigenvalue weighted by Gasteiger charge is -2.35. The van der Waals surface area contributed by atoms with Crippen molar-refractivity contribution in [3.63, 3.8) is 0 Å². The van der Waals surface area contributed by atoms with E-state index in [2.05, 4.69) is 9.82 Å². The Hall–Kier alpha value is -4.63. The van der Waals surface area contributed by atoms with Gasteiger partial charge in [-0.05, 0) is 130 Å². The van der Waals surface area contributed by atoms with Gasteiger partial charge in [0.25, 0.3) is 11.8 Å². The van der Waals surface area contributed by atoms with Gasteiger partial charge < -0.3 is 19.3 Å². The SMILES string of the molecule is COc1ccc2c(c1)C=C(c1c(C(=O)N3CC4CCC(C3)CC(C)(O)C4)cnn1CC(F)(F)F)Cn1c-2c(C2CCCCC2)c2ccc(C(=O)NS(=O)(=O)C(C)C)cc21. The van der Waals surface area contributed by atoms with E-state index in [1.54, 1.807) is 24.1 Å². The number of hydrogen-bond acceptors (Lipinski definition) is 7. The number of allylic oxidation sites excluding steroid dienone is 1. The molecule has 2 bridgehead atoms. The lowest BCUT2D eigenvalue weighted by molar-refractivity contribution is -0.142. The number of carbonyl (C=O) groups is 2. The Morgan fingerprint density at radius 1 is 1.00 bits per heavy atom. The molecule has 4 aliphatic rings. The molecule has 4 aromatic rings. The van der Waals surface area contributed by atoms with Gasteiger partial charge in [-0.2, -0.15) is 18.3 Å². The number of aliphatic hydroxyl groups is 1. The number of nitrogens with one attached hydrogen (secondary N) is 1. The zero-order chi connectivity index (χ0) is 42.0. The smallest absolute Gasteiger partial charge is 0.408 e. The molecule has 1 saturated heterocycles. The molecule has 4 heterocycles. The molecule has 2 unspecified atom stereocenters. The third-order valence-electron chi connectivity index (χ3n) is 12.8. The molecule has 2 saturated carbocycles. The molecule has 316 valence electrons. The first-order chi connectivity index (χ1) is 27.9. The fraction of sp³-hybridized carbons (Fsp3) is 0.523. The summed E-state index contributed by atoms with van der Waals surface area (Å²) in [5.74, 6) is -0.420. The highest BCUT2D eigenvalue weighted by molar-refractivity contribution is 7.90. The van der Waals surface area contributed by atoms with Crippen molar-refractivity contribution >= 4 is 44.4 Å². The van der Waals surface area contributed by atoms with Crippen molar-refractivity contribution in [1.82, 2.24) is 24.0 Å². The number of alkyl halides is 3. The largest absolute Gasteiger partial charge is 0.497 e. The second-order valence-electron chi connectivity index (χ2n) is 17.7. The molecule has 2 atom stereocenters. The van der Waals surface area contributed by atoms with Crippen LogP contribution in [0.15, 0.2) is 42.6 Å². The third-order valence-corrected chi connectivity index (χ3v) is 14.5. The summed E-state index contributed by atoms with van der Waals surface area (Å²) >= 11 is 0. The van der Waals surface area contributed by atoms with E-state index in [0.29, 0.717) is 48.3 Å². The average Bonchev–Trinajstić information content (AvgIpc) is 3.52. The summed E-state index contributed by atoms with van der Waals surface area (Å²) in [7, 11) is -2.41. The van der Waals surface area contributed by atoms with Crippen LogP contribution < -0.4 is 9.46 Å². The van der Waals surface area contributed by atoms with Crippen molar-refractivity contribution in [2.75, 3.05) is 20.2 Å². The zero-order valence-electron chi connectivity index (χ0n) is 33.9. The van der Waals surface area contributed by atoms with Gasteiger partial charge in [0, 0.05) is 35.1 Å². The van der Waals surface area contributed by atoms with Gasteiger partial charge >= 0.3 is 6.18 Å². The van der Waals surface area contributed by atoms with Gasteiger partial charge in [0.05, 0.1) is 47.7 Å². The van der Waals surface area contributed by atoms with Crippen LogP contribution in [0.2, 0.25) is 0 Å². The minimum absolute atomic E-state index is 0.0167. The normalized spacial score (nSPS) is 22.7. The Labute approximate surface area is 342 Å². The van der Waals surface area contributed by atoms with Crippen molar-refractivity contribution < 1.29 is 41.0 Å². The number of hydrogen-bond donors (Lipinski definition) is 2. The van der Waals surface area contributed by atoms with Crippen molar-refractivity contribution in [2.45, 2.75) is 115 Å². The molecule has 8 rings (SSSR count). The molecular weight excluding hydrogens is 784 g/mol. The number of likely N-dealkylation sites (tertiary alicyclic amines) is 1. The van der Waals surface area contributed by atoms with Gasteiger partial charge in [0.15, 0.2) is 0 Å². The highest BCUT2D eigenvalue weighted by atomic mass is 32.2. The Morgan fingerprint density at radius 2 is 1.69 bits per heavy atom. The van der Waals surface area contributed by atoms with E-state index in [4.69, 9.17) is 4.74 Å². The number of nitrogens with zero attached hydrogens (tertiary/aromatic N) is 4. The predicted octanol–water partition coefficient (Wildman–Crippen LogP) is 8.16. The molecule has 2 aromatic carbocycles. The fourth-order valence-corrected chi connectivity index (χ4v) is 10.8. The highest BCUT2D eigenvalue weighted by Crippen LogP contribution is 2.48. The van der Waals surface area contributed by atoms with Crippen LogP contribution in [-0.2, 0) is 23.1 Å². The minimum Gasteiger partial charge on any atom is -0.497 e. The van der Waals surface area contributed by atoms with Crippen LogP contribution >= 0.6 is 0 Å². The fourth-order valence-electron chi connectivity index (χ4n) is 10.2. The summed E-state index contributed by atoms with van der Waals surface area (Å²) in [6.45, 7) is 4.15. The Bertz CT molecular complexity index is 2430. The highest BCUT2D eigenvalue weighted by Gasteiger charge is 2.41. The Morgan fingerprint density at radius 3 is 2.34 bits per heavy atom. The van der Waals surface area contributed by atoms with Crippen LogP contribution in [0.5, 0.6) is 5.75 Å². The quantitative estimate of drug-likeness (QED) is 0.183. The Kier molecular flexibility index (Phi) is 10.8. The summed E-state index contributed by atoms with van der Waals surface area (Å²) in [5.41, 5.74) is 3.82. The van der Waals surface area contributed by atoms with Crippen LogP contribution in [0, 0.1) is 11.8 Å². The number of benzene rings is 2. The minimum atomic E-state index is -4.66. The number of amides is 2. The monoisotopic (exact) mass is 835 g/mol. The molecule has 2 amide bonds. The van der Waals surface area contributed by atoms with Gasteiger partial charge in [-0.15, -0.1) is 0 Å². The number of methoxy groups -OCH3 is 1. The summed E-state index contributed by atoms with van der Waals surface area (Å²) < 4.78 is 79.5. The molecule has 2 aliphatic heterocycles.